The molecule has 0 aliphatic carbocycles. The van der Waals surface area contributed by atoms with Crippen molar-refractivity contribution in [3.63, 3.8) is 0 Å². The van der Waals surface area contributed by atoms with Crippen LogP contribution in [0.4, 0.5) is 0 Å². The van der Waals surface area contributed by atoms with Gasteiger partial charge in [-0.15, -0.1) is 0 Å². The fourth-order valence-electron chi connectivity index (χ4n) is 3.20. The van der Waals surface area contributed by atoms with Crippen LogP contribution in [0, 0.1) is 5.92 Å². The second-order valence-corrected chi connectivity index (χ2v) is 6.55. The lowest BCUT2D eigenvalue weighted by Gasteiger charge is -2.10. The van der Waals surface area contributed by atoms with Crippen LogP contribution in [-0.2, 0) is 16.0 Å². The van der Waals surface area contributed by atoms with Crippen molar-refractivity contribution in [3.8, 4) is 0 Å². The van der Waals surface area contributed by atoms with E-state index in [2.05, 4.69) is 38.1 Å². The van der Waals surface area contributed by atoms with Crippen LogP contribution in [0.5, 0.6) is 0 Å². The van der Waals surface area contributed by atoms with Gasteiger partial charge in [0.25, 0.3) is 0 Å². The summed E-state index contributed by atoms with van der Waals surface area (Å²) in [4.78, 5) is 12.0. The number of hydrogen-bond donors (Lipinski definition) is 0. The zero-order chi connectivity index (χ0) is 15.8. The Balaban J connectivity index is 1.85. The second-order valence-electron chi connectivity index (χ2n) is 6.55. The molecule has 1 fully saturated rings. The third-order valence-corrected chi connectivity index (χ3v) is 4.67. The van der Waals surface area contributed by atoms with E-state index in [0.717, 1.165) is 31.2 Å². The molecule has 2 atom stereocenters. The zero-order valence-electron chi connectivity index (χ0n) is 14.1. The number of rotatable bonds is 9. The highest BCUT2D eigenvalue weighted by atomic mass is 16.5. The van der Waals surface area contributed by atoms with E-state index in [0.29, 0.717) is 0 Å². The van der Waals surface area contributed by atoms with Crippen LogP contribution in [0.2, 0.25) is 0 Å². The molecular weight excluding hydrogens is 272 g/mol. The van der Waals surface area contributed by atoms with Crippen LogP contribution in [0.1, 0.15) is 82.4 Å². The van der Waals surface area contributed by atoms with Gasteiger partial charge in [0.15, 0.2) is 0 Å². The quantitative estimate of drug-likeness (QED) is 0.438. The number of benzene rings is 1. The summed E-state index contributed by atoms with van der Waals surface area (Å²) in [5.41, 5.74) is 2.55. The molecule has 22 heavy (non-hydrogen) atoms. The molecule has 0 amide bonds. The summed E-state index contributed by atoms with van der Waals surface area (Å²) >= 11 is 0. The molecule has 0 bridgehead atoms. The Morgan fingerprint density at radius 1 is 1.00 bits per heavy atom. The molecule has 2 heteroatoms. The van der Waals surface area contributed by atoms with Crippen molar-refractivity contribution in [1.29, 1.82) is 0 Å². The first-order chi connectivity index (χ1) is 10.7. The van der Waals surface area contributed by atoms with Crippen LogP contribution in [0.25, 0.3) is 0 Å². The Labute approximate surface area is 135 Å². The first kappa shape index (κ1) is 17.1. The fraction of sp³-hybridized carbons (Fsp3) is 0.650. The van der Waals surface area contributed by atoms with Crippen molar-refractivity contribution >= 4 is 5.97 Å². The Bertz CT molecular complexity index is 449. The largest absolute Gasteiger partial charge is 0.457 e. The van der Waals surface area contributed by atoms with Gasteiger partial charge in [0.1, 0.15) is 6.10 Å². The second kappa shape index (κ2) is 8.97. The number of carbonyl (C=O) groups is 1. The smallest absolute Gasteiger partial charge is 0.309 e. The van der Waals surface area contributed by atoms with Crippen molar-refractivity contribution in [2.75, 3.05) is 0 Å². The average molecular weight is 302 g/mol. The molecule has 0 saturated carbocycles. The molecule has 1 aromatic carbocycles. The number of ether oxygens (including phenoxy) is 1. The number of unbranched alkanes of at least 4 members (excludes halogenated alkanes) is 4. The van der Waals surface area contributed by atoms with Crippen LogP contribution >= 0.6 is 0 Å². The van der Waals surface area contributed by atoms with Crippen molar-refractivity contribution < 1.29 is 9.53 Å². The van der Waals surface area contributed by atoms with Crippen molar-refractivity contribution in [3.05, 3.63) is 35.4 Å². The van der Waals surface area contributed by atoms with Gasteiger partial charge in [-0.25, -0.2) is 0 Å². The van der Waals surface area contributed by atoms with Gasteiger partial charge < -0.3 is 4.74 Å². The zero-order valence-corrected chi connectivity index (χ0v) is 14.1. The van der Waals surface area contributed by atoms with E-state index >= 15 is 0 Å². The first-order valence-electron chi connectivity index (χ1n) is 9.04. The van der Waals surface area contributed by atoms with E-state index in [1.807, 2.05) is 0 Å². The van der Waals surface area contributed by atoms with E-state index in [1.165, 1.54) is 37.7 Å². The summed E-state index contributed by atoms with van der Waals surface area (Å²) in [6.07, 6.45) is 10.3. The lowest BCUT2D eigenvalue weighted by molar-refractivity contribution is -0.144. The minimum atomic E-state index is -0.0242. The molecule has 0 aromatic heterocycles. The third-order valence-electron chi connectivity index (χ3n) is 4.67. The van der Waals surface area contributed by atoms with E-state index in [4.69, 9.17) is 4.74 Å². The van der Waals surface area contributed by atoms with Crippen LogP contribution in [-0.4, -0.2) is 5.97 Å². The normalized spacial score (nSPS) is 21.1. The van der Waals surface area contributed by atoms with Gasteiger partial charge in [-0.3, -0.25) is 4.79 Å². The minimum absolute atomic E-state index is 0.00752. The van der Waals surface area contributed by atoms with Gasteiger partial charge in [0, 0.05) is 6.42 Å². The monoisotopic (exact) mass is 302 g/mol. The van der Waals surface area contributed by atoms with E-state index < -0.39 is 0 Å². The van der Waals surface area contributed by atoms with Gasteiger partial charge >= 0.3 is 5.97 Å². The Hall–Kier alpha value is -1.31. The summed E-state index contributed by atoms with van der Waals surface area (Å²) in [6, 6.07) is 8.69. The molecule has 1 heterocycles. The standard InChI is InChI=1S/C20H30O2/c1-3-5-7-9-16-11-13-17(14-12-16)19-15-18(20(21)22-19)10-8-6-4-2/h11-14,18-19H,3-10,15H2,1-2H3. The molecule has 1 aliphatic rings. The number of carbonyl (C=O) groups excluding carboxylic acids is 1. The molecule has 0 N–H and O–H groups in total. The van der Waals surface area contributed by atoms with Gasteiger partial charge in [-0.1, -0.05) is 70.2 Å². The van der Waals surface area contributed by atoms with Crippen molar-refractivity contribution in [2.24, 2.45) is 5.92 Å². The number of esters is 1. The number of hydrogen-bond acceptors (Lipinski definition) is 2. The predicted molar refractivity (Wildman–Crippen MR) is 90.8 cm³/mol. The van der Waals surface area contributed by atoms with E-state index in [1.54, 1.807) is 0 Å². The Morgan fingerprint density at radius 3 is 2.36 bits per heavy atom. The average Bonchev–Trinajstić information content (AvgIpc) is 2.90. The molecule has 2 rings (SSSR count). The summed E-state index contributed by atoms with van der Waals surface area (Å²) < 4.78 is 5.59. The lowest BCUT2D eigenvalue weighted by Crippen LogP contribution is -2.06. The minimum Gasteiger partial charge on any atom is -0.457 e. The van der Waals surface area contributed by atoms with Gasteiger partial charge in [-0.2, -0.15) is 0 Å². The van der Waals surface area contributed by atoms with Crippen LogP contribution in [0.15, 0.2) is 24.3 Å². The van der Waals surface area contributed by atoms with Crippen LogP contribution < -0.4 is 0 Å². The molecule has 2 unspecified atom stereocenters. The first-order valence-corrected chi connectivity index (χ1v) is 9.04. The number of aryl methyl sites for hydroxylation is 1. The molecule has 2 nitrogen and oxygen atoms in total. The van der Waals surface area contributed by atoms with E-state index in [-0.39, 0.29) is 18.0 Å². The van der Waals surface area contributed by atoms with Gasteiger partial charge in [0.05, 0.1) is 5.92 Å². The van der Waals surface area contributed by atoms with Crippen molar-refractivity contribution in [1.82, 2.24) is 0 Å². The van der Waals surface area contributed by atoms with Gasteiger partial charge in [-0.05, 0) is 30.4 Å². The maximum atomic E-state index is 12.0. The van der Waals surface area contributed by atoms with Crippen LogP contribution in [0.3, 0.4) is 0 Å². The fourth-order valence-corrected chi connectivity index (χ4v) is 3.20. The molecule has 1 saturated heterocycles. The Morgan fingerprint density at radius 2 is 1.68 bits per heavy atom. The summed E-state index contributed by atoms with van der Waals surface area (Å²) in [5, 5.41) is 0. The number of cyclic esters (lactones) is 1. The predicted octanol–water partition coefficient (Wildman–Crippen LogP) is 5.60. The highest BCUT2D eigenvalue weighted by Crippen LogP contribution is 2.36. The Kier molecular flexibility index (Phi) is 6.95. The third kappa shape index (κ3) is 4.86. The molecule has 1 aromatic rings. The highest BCUT2D eigenvalue weighted by molar-refractivity contribution is 5.74. The maximum absolute atomic E-state index is 12.0. The van der Waals surface area contributed by atoms with Crippen molar-refractivity contribution in [2.45, 2.75) is 77.7 Å². The summed E-state index contributed by atoms with van der Waals surface area (Å²) in [5.74, 6) is 0.119. The SMILES string of the molecule is CCCCCc1ccc(C2CC(CCCCC)C(=O)O2)cc1. The highest BCUT2D eigenvalue weighted by Gasteiger charge is 2.34. The molecule has 0 radical (unpaired) electrons. The molecule has 1 aliphatic heterocycles. The molecule has 122 valence electrons. The topological polar surface area (TPSA) is 26.3 Å². The van der Waals surface area contributed by atoms with E-state index in [9.17, 15) is 4.79 Å². The van der Waals surface area contributed by atoms with Gasteiger partial charge in [0.2, 0.25) is 0 Å². The molecule has 0 spiro atoms. The molecular formula is C20H30O2. The lowest BCUT2D eigenvalue weighted by atomic mass is 9.94. The summed E-state index contributed by atoms with van der Waals surface area (Å²) in [7, 11) is 0. The summed E-state index contributed by atoms with van der Waals surface area (Å²) in [6.45, 7) is 4.42. The maximum Gasteiger partial charge on any atom is 0.309 e.